The molecule has 0 bridgehead atoms. The van der Waals surface area contributed by atoms with E-state index in [4.69, 9.17) is 14.6 Å². The van der Waals surface area contributed by atoms with Crippen LogP contribution in [-0.2, 0) is 26.3 Å². The van der Waals surface area contributed by atoms with Crippen molar-refractivity contribution in [2.24, 2.45) is 0 Å². The third-order valence-corrected chi connectivity index (χ3v) is 7.42. The molecular weight excluding hydrogens is 672 g/mol. The molecule has 1 unspecified atom stereocenters. The average molecular weight is 707 g/mol. The number of hydrogen-bond donors (Lipinski definition) is 2. The lowest BCUT2D eigenvalue weighted by Gasteiger charge is -2.20. The van der Waals surface area contributed by atoms with E-state index in [1.54, 1.807) is 19.1 Å². The van der Waals surface area contributed by atoms with Crippen LogP contribution in [0.4, 0.5) is 0 Å². The van der Waals surface area contributed by atoms with Crippen LogP contribution in [0, 0.1) is 0 Å². The van der Waals surface area contributed by atoms with E-state index in [1.165, 1.54) is 11.1 Å². The SMILES string of the molecule is C.CC1(c2ccc(Br)cc2)CO1.C[C@](O)(CO)c1ccc(Br)cc1.C[C@]1(c2ccc(Br)cc2)CO1.S. The Morgan fingerprint density at radius 3 is 1.25 bits per heavy atom. The molecule has 198 valence electrons. The van der Waals surface area contributed by atoms with E-state index in [0.29, 0.717) is 5.56 Å². The van der Waals surface area contributed by atoms with Gasteiger partial charge in [-0.25, -0.2) is 0 Å². The third kappa shape index (κ3) is 9.55. The molecule has 4 nitrogen and oxygen atoms in total. The first kappa shape index (κ1) is 33.3. The predicted molar refractivity (Wildman–Crippen MR) is 163 cm³/mol. The topological polar surface area (TPSA) is 65.5 Å². The fraction of sp³-hybridized carbons (Fsp3) is 0.357. The highest BCUT2D eigenvalue weighted by molar-refractivity contribution is 9.11. The van der Waals surface area contributed by atoms with Crippen LogP contribution in [0.1, 0.15) is 44.9 Å². The first-order chi connectivity index (χ1) is 16.0. The van der Waals surface area contributed by atoms with Crippen LogP contribution in [0.25, 0.3) is 0 Å². The molecule has 2 aliphatic heterocycles. The number of rotatable bonds is 4. The van der Waals surface area contributed by atoms with E-state index in [2.05, 4.69) is 85.9 Å². The first-order valence-electron chi connectivity index (χ1n) is 10.9. The number of ether oxygens (including phenoxy) is 2. The lowest BCUT2D eigenvalue weighted by molar-refractivity contribution is -0.00229. The molecule has 8 heteroatoms. The Labute approximate surface area is 247 Å². The van der Waals surface area contributed by atoms with Gasteiger partial charge in [0, 0.05) is 13.4 Å². The summed E-state index contributed by atoms with van der Waals surface area (Å²) >= 11 is 10.1. The first-order valence-corrected chi connectivity index (χ1v) is 13.2. The minimum Gasteiger partial charge on any atom is -0.393 e. The van der Waals surface area contributed by atoms with Crippen molar-refractivity contribution in [3.05, 3.63) is 103 Å². The van der Waals surface area contributed by atoms with Gasteiger partial charge in [0.15, 0.2) is 0 Å². The van der Waals surface area contributed by atoms with Gasteiger partial charge >= 0.3 is 0 Å². The van der Waals surface area contributed by atoms with Crippen molar-refractivity contribution in [3.63, 3.8) is 0 Å². The summed E-state index contributed by atoms with van der Waals surface area (Å²) in [5, 5.41) is 18.5. The van der Waals surface area contributed by atoms with E-state index in [1.807, 2.05) is 36.4 Å². The maximum Gasteiger partial charge on any atom is 0.114 e. The molecule has 0 saturated carbocycles. The van der Waals surface area contributed by atoms with Crippen LogP contribution >= 0.6 is 61.3 Å². The summed E-state index contributed by atoms with van der Waals surface area (Å²) < 4.78 is 13.8. The molecule has 0 amide bonds. The highest BCUT2D eigenvalue weighted by Gasteiger charge is 2.41. The molecule has 3 aromatic carbocycles. The van der Waals surface area contributed by atoms with Crippen molar-refractivity contribution in [2.45, 2.75) is 45.0 Å². The highest BCUT2D eigenvalue weighted by Crippen LogP contribution is 2.38. The number of benzene rings is 3. The van der Waals surface area contributed by atoms with Crippen LogP contribution < -0.4 is 0 Å². The Kier molecular flexibility index (Phi) is 12.9. The summed E-state index contributed by atoms with van der Waals surface area (Å²) in [5.41, 5.74) is 2.14. The summed E-state index contributed by atoms with van der Waals surface area (Å²) in [5.74, 6) is 0. The molecule has 2 heterocycles. The predicted octanol–water partition coefficient (Wildman–Crippen LogP) is 7.79. The van der Waals surface area contributed by atoms with Gasteiger partial charge in [0.25, 0.3) is 0 Å². The van der Waals surface area contributed by atoms with Crippen molar-refractivity contribution >= 4 is 61.3 Å². The maximum atomic E-state index is 9.62. The van der Waals surface area contributed by atoms with E-state index in [9.17, 15) is 5.11 Å². The molecular formula is C28H35Br3O4S. The van der Waals surface area contributed by atoms with Crippen LogP contribution in [0.2, 0.25) is 0 Å². The normalized spacial score (nSPS) is 22.7. The molecule has 0 aromatic heterocycles. The summed E-state index contributed by atoms with van der Waals surface area (Å²) in [7, 11) is 0. The van der Waals surface area contributed by atoms with E-state index < -0.39 is 5.60 Å². The minimum absolute atomic E-state index is 0. The number of halogens is 3. The molecule has 3 atom stereocenters. The summed E-state index contributed by atoms with van der Waals surface area (Å²) in [4.78, 5) is 0. The van der Waals surface area contributed by atoms with Gasteiger partial charge in [0.2, 0.25) is 0 Å². The van der Waals surface area contributed by atoms with Gasteiger partial charge in [0.05, 0.1) is 19.8 Å². The molecule has 36 heavy (non-hydrogen) atoms. The zero-order valence-corrected chi connectivity index (χ0v) is 25.7. The van der Waals surface area contributed by atoms with E-state index in [-0.39, 0.29) is 38.7 Å². The molecule has 0 aliphatic carbocycles. The van der Waals surface area contributed by atoms with Crippen molar-refractivity contribution in [2.75, 3.05) is 19.8 Å². The molecule has 0 radical (unpaired) electrons. The maximum absolute atomic E-state index is 9.62. The van der Waals surface area contributed by atoms with Crippen molar-refractivity contribution in [1.29, 1.82) is 0 Å². The van der Waals surface area contributed by atoms with Gasteiger partial charge in [-0.3, -0.25) is 0 Å². The molecule has 2 aliphatic rings. The second-order valence-electron chi connectivity index (χ2n) is 8.99. The second-order valence-corrected chi connectivity index (χ2v) is 11.7. The number of epoxide rings is 2. The zero-order valence-electron chi connectivity index (χ0n) is 19.9. The standard InChI is InChI=1S/C9H11BrO2.2C9H9BrO.CH4.H2S/c1-9(12,6-11)7-2-4-8(10)5-3-7;2*1-9(6-11-9)7-2-4-8(10)5-3-7;;/h2-5,11-12H,6H2,1H3;2*2-5H,6H2,1H3;1H4;1H2/t2*9-;;;/m01.../s1. The molecule has 0 spiro atoms. The number of aliphatic hydroxyl groups is 2. The van der Waals surface area contributed by atoms with Crippen LogP contribution in [-0.4, -0.2) is 30.0 Å². The van der Waals surface area contributed by atoms with E-state index in [0.717, 1.165) is 26.6 Å². The van der Waals surface area contributed by atoms with Gasteiger partial charge in [-0.2, -0.15) is 13.5 Å². The van der Waals surface area contributed by atoms with Crippen LogP contribution in [0.15, 0.2) is 86.2 Å². The Balaban J connectivity index is 0.000000263. The van der Waals surface area contributed by atoms with Gasteiger partial charge in [-0.05, 0) is 73.9 Å². The molecule has 2 N–H and O–H groups in total. The van der Waals surface area contributed by atoms with Gasteiger partial charge in [0.1, 0.15) is 16.8 Å². The lowest BCUT2D eigenvalue weighted by atomic mass is 9.97. The van der Waals surface area contributed by atoms with Gasteiger partial charge < -0.3 is 19.7 Å². The molecule has 3 aromatic rings. The largest absolute Gasteiger partial charge is 0.393 e. The van der Waals surface area contributed by atoms with Crippen molar-refractivity contribution in [3.8, 4) is 0 Å². The fourth-order valence-electron chi connectivity index (χ4n) is 3.05. The fourth-order valence-corrected chi connectivity index (χ4v) is 3.85. The van der Waals surface area contributed by atoms with Crippen molar-refractivity contribution in [1.82, 2.24) is 0 Å². The quantitative estimate of drug-likeness (QED) is 0.272. The number of hydrogen-bond acceptors (Lipinski definition) is 4. The Morgan fingerprint density at radius 2 is 1.00 bits per heavy atom. The summed E-state index contributed by atoms with van der Waals surface area (Å²) in [6.45, 7) is 7.24. The van der Waals surface area contributed by atoms with E-state index >= 15 is 0 Å². The van der Waals surface area contributed by atoms with Crippen LogP contribution in [0.3, 0.4) is 0 Å². The van der Waals surface area contributed by atoms with Crippen molar-refractivity contribution < 1.29 is 19.7 Å². The Bertz CT molecular complexity index is 1000. The van der Waals surface area contributed by atoms with Gasteiger partial charge in [-0.15, -0.1) is 0 Å². The Morgan fingerprint density at radius 1 is 0.722 bits per heavy atom. The highest BCUT2D eigenvalue weighted by atomic mass is 79.9. The molecule has 2 fully saturated rings. The minimum atomic E-state index is -1.14. The Hall–Kier alpha value is -0.710. The third-order valence-electron chi connectivity index (χ3n) is 5.84. The second kappa shape index (κ2) is 13.9. The summed E-state index contributed by atoms with van der Waals surface area (Å²) in [6.07, 6.45) is 0. The van der Waals surface area contributed by atoms with Crippen LogP contribution in [0.5, 0.6) is 0 Å². The molecule has 2 saturated heterocycles. The zero-order chi connectivity index (χ0) is 25.0. The summed E-state index contributed by atoms with van der Waals surface area (Å²) in [6, 6.07) is 23.8. The number of aliphatic hydroxyl groups excluding tert-OH is 1. The average Bonchev–Trinajstić information content (AvgIpc) is 3.75. The lowest BCUT2D eigenvalue weighted by Crippen LogP contribution is -2.25. The molecule has 5 rings (SSSR count). The van der Waals surface area contributed by atoms with Gasteiger partial charge in [-0.1, -0.05) is 91.6 Å². The smallest absolute Gasteiger partial charge is 0.114 e. The monoisotopic (exact) mass is 704 g/mol.